The van der Waals surface area contributed by atoms with Gasteiger partial charge in [-0.1, -0.05) is 134 Å². The van der Waals surface area contributed by atoms with E-state index in [1.807, 2.05) is 78.9 Å². The van der Waals surface area contributed by atoms with Crippen LogP contribution in [0.5, 0.6) is 0 Å². The van der Waals surface area contributed by atoms with Crippen molar-refractivity contribution < 1.29 is 4.57 Å². The first-order chi connectivity index (χ1) is 17.1. The molecule has 0 aliphatic heterocycles. The van der Waals surface area contributed by atoms with Crippen LogP contribution in [0.15, 0.2) is 134 Å². The Bertz CT molecular complexity index is 1520. The average molecular weight is 471 g/mol. The quantitative estimate of drug-likeness (QED) is 0.184. The average Bonchev–Trinajstić information content (AvgIpc) is 2.92. The molecule has 1 nitrogen and oxygen atoms in total. The van der Waals surface area contributed by atoms with Gasteiger partial charge >= 0.3 is 0 Å². The molecule has 0 heterocycles. The lowest BCUT2D eigenvalue weighted by Gasteiger charge is -2.21. The van der Waals surface area contributed by atoms with Crippen LogP contribution in [0.2, 0.25) is 0 Å². The van der Waals surface area contributed by atoms with Crippen LogP contribution in [0, 0.1) is 6.92 Å². The summed E-state index contributed by atoms with van der Waals surface area (Å²) in [5, 5.41) is 4.93. The van der Waals surface area contributed by atoms with Crippen molar-refractivity contribution in [2.45, 2.75) is 6.92 Å². The van der Waals surface area contributed by atoms with Gasteiger partial charge in [-0.05, 0) is 46.0 Å². The summed E-state index contributed by atoms with van der Waals surface area (Å²) < 4.78 is 14.7. The minimum absolute atomic E-state index is 0.836. The second-order valence-corrected chi connectivity index (χ2v) is 11.4. The highest BCUT2D eigenvalue weighted by molar-refractivity contribution is 7.85. The molecule has 0 radical (unpaired) electrons. The largest absolute Gasteiger partial charge is 0.309 e. The van der Waals surface area contributed by atoms with Gasteiger partial charge in [-0.2, -0.15) is 0 Å². The van der Waals surface area contributed by atoms with Crippen LogP contribution in [0.3, 0.4) is 0 Å². The molecule has 2 heteroatoms. The Morgan fingerprint density at radius 1 is 0.686 bits per heavy atom. The van der Waals surface area contributed by atoms with Crippen LogP contribution in [-0.2, 0) is 4.57 Å². The number of rotatable bonds is 6. The van der Waals surface area contributed by atoms with Crippen LogP contribution in [0.1, 0.15) is 11.1 Å². The van der Waals surface area contributed by atoms with Crippen molar-refractivity contribution in [3.8, 4) is 11.1 Å². The van der Waals surface area contributed by atoms with E-state index in [0.29, 0.717) is 0 Å². The van der Waals surface area contributed by atoms with E-state index in [1.54, 1.807) is 6.08 Å². The molecular weight excluding hydrogens is 443 g/mol. The second kappa shape index (κ2) is 9.74. The maximum atomic E-state index is 14.7. The molecule has 0 aliphatic rings. The maximum Gasteiger partial charge on any atom is 0.171 e. The Morgan fingerprint density at radius 3 is 1.83 bits per heavy atom. The van der Waals surface area contributed by atoms with Gasteiger partial charge < -0.3 is 4.57 Å². The minimum Gasteiger partial charge on any atom is -0.309 e. The molecule has 0 saturated heterocycles. The van der Waals surface area contributed by atoms with E-state index in [-0.39, 0.29) is 0 Å². The van der Waals surface area contributed by atoms with Gasteiger partial charge in [0.15, 0.2) is 7.14 Å². The fraction of sp³-hybridized carbons (Fsp3) is 0.0303. The van der Waals surface area contributed by atoms with Gasteiger partial charge in [-0.15, -0.1) is 0 Å². The molecule has 0 aliphatic carbocycles. The predicted molar refractivity (Wildman–Crippen MR) is 153 cm³/mol. The molecular formula is C33H27OP. The number of hydrogen-bond acceptors (Lipinski definition) is 1. The summed E-state index contributed by atoms with van der Waals surface area (Å²) in [5.74, 6) is 0. The molecule has 0 saturated carbocycles. The molecule has 0 fully saturated rings. The topological polar surface area (TPSA) is 17.1 Å². The number of hydrogen-bond donors (Lipinski definition) is 0. The molecule has 0 bridgehead atoms. The van der Waals surface area contributed by atoms with Crippen molar-refractivity contribution in [3.05, 3.63) is 145 Å². The van der Waals surface area contributed by atoms with E-state index < -0.39 is 7.14 Å². The Hall–Kier alpha value is -3.93. The Morgan fingerprint density at radius 2 is 1.23 bits per heavy atom. The smallest absolute Gasteiger partial charge is 0.171 e. The zero-order valence-corrected chi connectivity index (χ0v) is 20.7. The molecule has 0 amide bonds. The highest BCUT2D eigenvalue weighted by Crippen LogP contribution is 2.43. The second-order valence-electron chi connectivity index (χ2n) is 8.61. The summed E-state index contributed by atoms with van der Waals surface area (Å²) in [6.45, 7) is 5.98. The molecule has 0 N–H and O–H groups in total. The maximum absolute atomic E-state index is 14.7. The summed E-state index contributed by atoms with van der Waals surface area (Å²) in [6.07, 6.45) is 5.87. The predicted octanol–water partition coefficient (Wildman–Crippen LogP) is 7.65. The van der Waals surface area contributed by atoms with Crippen molar-refractivity contribution in [2.24, 2.45) is 0 Å². The fourth-order valence-corrected chi connectivity index (χ4v) is 7.40. The molecule has 170 valence electrons. The number of benzene rings is 5. The first-order valence-corrected chi connectivity index (χ1v) is 13.5. The van der Waals surface area contributed by atoms with E-state index in [2.05, 4.69) is 62.0 Å². The van der Waals surface area contributed by atoms with Crippen LogP contribution in [0.4, 0.5) is 0 Å². The standard InChI is InChI=1S/C33H27OP/c1-3-4-13-27-24-28-14-11-12-19-32(28)33(25(27)2)26-20-22-31(23-21-26)35(34,29-15-7-5-8-16-29)30-17-9-6-10-18-30/h3-24H,1H2,2H3/b13-4-. The molecule has 5 aromatic carbocycles. The monoisotopic (exact) mass is 470 g/mol. The summed E-state index contributed by atoms with van der Waals surface area (Å²) in [6, 6.07) is 38.6. The normalized spacial score (nSPS) is 11.7. The fourth-order valence-electron chi connectivity index (χ4n) is 4.75. The van der Waals surface area contributed by atoms with Crippen LogP contribution in [-0.4, -0.2) is 0 Å². The lowest BCUT2D eigenvalue weighted by atomic mass is 9.90. The third-order valence-electron chi connectivity index (χ3n) is 6.52. The van der Waals surface area contributed by atoms with Gasteiger partial charge in [0.05, 0.1) is 0 Å². The van der Waals surface area contributed by atoms with E-state index in [0.717, 1.165) is 21.5 Å². The van der Waals surface area contributed by atoms with Crippen molar-refractivity contribution in [2.75, 3.05) is 0 Å². The summed E-state index contributed by atoms with van der Waals surface area (Å²) in [5.41, 5.74) is 4.70. The van der Waals surface area contributed by atoms with E-state index in [9.17, 15) is 4.57 Å². The molecule has 0 spiro atoms. The van der Waals surface area contributed by atoms with E-state index >= 15 is 0 Å². The van der Waals surface area contributed by atoms with Gasteiger partial charge in [0.1, 0.15) is 0 Å². The number of fused-ring (bicyclic) bond motifs is 1. The zero-order valence-electron chi connectivity index (χ0n) is 19.8. The Kier molecular flexibility index (Phi) is 6.36. The van der Waals surface area contributed by atoms with Gasteiger partial charge in [-0.3, -0.25) is 0 Å². The highest BCUT2D eigenvalue weighted by atomic mass is 31.2. The van der Waals surface area contributed by atoms with Crippen molar-refractivity contribution in [1.82, 2.24) is 0 Å². The Labute approximate surface area is 207 Å². The molecule has 5 rings (SSSR count). The molecule has 35 heavy (non-hydrogen) atoms. The molecule has 5 aromatic rings. The lowest BCUT2D eigenvalue weighted by molar-refractivity contribution is 0.592. The van der Waals surface area contributed by atoms with Crippen molar-refractivity contribution >= 4 is 39.9 Å². The first kappa shape index (κ1) is 22.8. The van der Waals surface area contributed by atoms with Crippen molar-refractivity contribution in [3.63, 3.8) is 0 Å². The number of allylic oxidation sites excluding steroid dienone is 2. The van der Waals surface area contributed by atoms with Crippen LogP contribution < -0.4 is 15.9 Å². The SMILES string of the molecule is C=C/C=C\c1cc2ccccc2c(-c2ccc(P(=O)(c3ccccc3)c3ccccc3)cc2)c1C. The van der Waals surface area contributed by atoms with Crippen LogP contribution in [0.25, 0.3) is 28.0 Å². The van der Waals surface area contributed by atoms with Gasteiger partial charge in [0.2, 0.25) is 0 Å². The summed E-state index contributed by atoms with van der Waals surface area (Å²) >= 11 is 0. The minimum atomic E-state index is -2.99. The van der Waals surface area contributed by atoms with Gasteiger partial charge in [-0.25, -0.2) is 0 Å². The third kappa shape index (κ3) is 4.20. The van der Waals surface area contributed by atoms with E-state index in [4.69, 9.17) is 0 Å². The van der Waals surface area contributed by atoms with Gasteiger partial charge in [0, 0.05) is 15.9 Å². The summed E-state index contributed by atoms with van der Waals surface area (Å²) in [7, 11) is -2.99. The zero-order chi connectivity index (χ0) is 24.3. The molecule has 0 unspecified atom stereocenters. The van der Waals surface area contributed by atoms with Crippen molar-refractivity contribution in [1.29, 1.82) is 0 Å². The Balaban J connectivity index is 1.69. The van der Waals surface area contributed by atoms with Crippen LogP contribution >= 0.6 is 7.14 Å². The first-order valence-electron chi connectivity index (χ1n) is 11.8. The third-order valence-corrected chi connectivity index (χ3v) is 9.60. The highest BCUT2D eigenvalue weighted by Gasteiger charge is 2.29. The lowest BCUT2D eigenvalue weighted by Crippen LogP contribution is -2.24. The van der Waals surface area contributed by atoms with Gasteiger partial charge in [0.25, 0.3) is 0 Å². The van der Waals surface area contributed by atoms with E-state index in [1.165, 1.54) is 27.5 Å². The molecule has 0 aromatic heterocycles. The molecule has 0 atom stereocenters. The summed E-state index contributed by atoms with van der Waals surface area (Å²) in [4.78, 5) is 0.